The van der Waals surface area contributed by atoms with Crippen LogP contribution < -0.4 is 10.9 Å². The first-order valence-corrected chi connectivity index (χ1v) is 8.79. The second-order valence-corrected chi connectivity index (χ2v) is 6.41. The number of nitrogens with zero attached hydrogens (tertiary/aromatic N) is 1. The van der Waals surface area contributed by atoms with Gasteiger partial charge in [-0.25, -0.2) is 0 Å². The van der Waals surface area contributed by atoms with Crippen LogP contribution in [0.15, 0.2) is 65.7 Å². The normalized spacial score (nSPS) is 11.1. The van der Waals surface area contributed by atoms with Crippen LogP contribution in [0.2, 0.25) is 0 Å². The second-order valence-electron chi connectivity index (χ2n) is 6.41. The van der Waals surface area contributed by atoms with E-state index < -0.39 is 0 Å². The highest BCUT2D eigenvalue weighted by molar-refractivity contribution is 5.95. The number of hydrogen-bond acceptors (Lipinski definition) is 3. The van der Waals surface area contributed by atoms with Crippen molar-refractivity contribution in [1.82, 2.24) is 14.7 Å². The second kappa shape index (κ2) is 7.09. The first-order valence-electron chi connectivity index (χ1n) is 8.79. The smallest absolute Gasteiger partial charge is 0.272 e. The van der Waals surface area contributed by atoms with Gasteiger partial charge in [0.15, 0.2) is 0 Å². The molecule has 0 saturated heterocycles. The van der Waals surface area contributed by atoms with Crippen molar-refractivity contribution in [1.29, 1.82) is 0 Å². The van der Waals surface area contributed by atoms with Gasteiger partial charge in [-0.05, 0) is 29.3 Å². The number of aliphatic hydroxyl groups is 1. The SMILES string of the molecule is O=C(NCCCO)c1cc2c(=O)[nH]c(-c3ccc4ccccc4c3)cn2c1. The number of nitrogens with one attached hydrogen (secondary N) is 2. The zero-order chi connectivity index (χ0) is 18.8. The molecule has 4 aromatic rings. The summed E-state index contributed by atoms with van der Waals surface area (Å²) in [6, 6.07) is 15.6. The fourth-order valence-corrected chi connectivity index (χ4v) is 3.14. The summed E-state index contributed by atoms with van der Waals surface area (Å²) in [4.78, 5) is 27.6. The lowest BCUT2D eigenvalue weighted by Crippen LogP contribution is -2.24. The maximum atomic E-state index is 12.5. The molecule has 0 fully saturated rings. The third-order valence-corrected chi connectivity index (χ3v) is 4.54. The molecule has 0 unspecified atom stereocenters. The van der Waals surface area contributed by atoms with E-state index in [-0.39, 0.29) is 18.1 Å². The van der Waals surface area contributed by atoms with Gasteiger partial charge in [0.1, 0.15) is 5.52 Å². The third-order valence-electron chi connectivity index (χ3n) is 4.54. The van der Waals surface area contributed by atoms with Gasteiger partial charge < -0.3 is 19.8 Å². The van der Waals surface area contributed by atoms with E-state index in [0.717, 1.165) is 16.3 Å². The van der Waals surface area contributed by atoms with Crippen LogP contribution in [0.25, 0.3) is 27.5 Å². The summed E-state index contributed by atoms with van der Waals surface area (Å²) in [6.45, 7) is 0.410. The van der Waals surface area contributed by atoms with E-state index >= 15 is 0 Å². The molecule has 0 bridgehead atoms. The van der Waals surface area contributed by atoms with Gasteiger partial charge in [-0.2, -0.15) is 0 Å². The monoisotopic (exact) mass is 361 g/mol. The fourth-order valence-electron chi connectivity index (χ4n) is 3.14. The van der Waals surface area contributed by atoms with E-state index in [1.165, 1.54) is 0 Å². The number of aromatic nitrogens is 2. The van der Waals surface area contributed by atoms with E-state index in [0.29, 0.717) is 29.7 Å². The van der Waals surface area contributed by atoms with Crippen molar-refractivity contribution in [2.45, 2.75) is 6.42 Å². The Bertz CT molecular complexity index is 1190. The number of aliphatic hydroxyl groups excluding tert-OH is 1. The fraction of sp³-hybridized carbons (Fsp3) is 0.143. The van der Waals surface area contributed by atoms with E-state index in [4.69, 9.17) is 5.11 Å². The van der Waals surface area contributed by atoms with E-state index in [1.54, 1.807) is 16.7 Å². The van der Waals surface area contributed by atoms with E-state index in [1.807, 2.05) is 48.7 Å². The quantitative estimate of drug-likeness (QED) is 0.478. The summed E-state index contributed by atoms with van der Waals surface area (Å²) < 4.78 is 1.67. The topological polar surface area (TPSA) is 86.6 Å². The van der Waals surface area contributed by atoms with Gasteiger partial charge in [-0.1, -0.05) is 36.4 Å². The molecular formula is C21H19N3O3. The molecule has 136 valence electrons. The van der Waals surface area contributed by atoms with Crippen molar-refractivity contribution in [2.75, 3.05) is 13.2 Å². The summed E-state index contributed by atoms with van der Waals surface area (Å²) >= 11 is 0. The Labute approximate surface area is 155 Å². The Morgan fingerprint density at radius 1 is 1.07 bits per heavy atom. The Hall–Kier alpha value is -3.38. The zero-order valence-electron chi connectivity index (χ0n) is 14.6. The number of fused-ring (bicyclic) bond motifs is 2. The minimum Gasteiger partial charge on any atom is -0.396 e. The van der Waals surface area contributed by atoms with E-state index in [9.17, 15) is 9.59 Å². The zero-order valence-corrected chi connectivity index (χ0v) is 14.6. The average Bonchev–Trinajstić information content (AvgIpc) is 3.13. The summed E-state index contributed by atoms with van der Waals surface area (Å²) in [6.07, 6.45) is 3.94. The molecular weight excluding hydrogens is 342 g/mol. The molecule has 6 heteroatoms. The van der Waals surface area contributed by atoms with Gasteiger partial charge in [0.25, 0.3) is 11.5 Å². The van der Waals surface area contributed by atoms with Crippen LogP contribution >= 0.6 is 0 Å². The molecule has 0 aliphatic carbocycles. The van der Waals surface area contributed by atoms with Crippen LogP contribution in [0, 0.1) is 0 Å². The molecule has 0 spiro atoms. The Kier molecular flexibility index (Phi) is 4.48. The van der Waals surface area contributed by atoms with Crippen LogP contribution in [-0.2, 0) is 0 Å². The van der Waals surface area contributed by atoms with Crippen LogP contribution in [0.3, 0.4) is 0 Å². The number of benzene rings is 2. The highest BCUT2D eigenvalue weighted by Crippen LogP contribution is 2.23. The molecule has 6 nitrogen and oxygen atoms in total. The number of amides is 1. The van der Waals surface area contributed by atoms with Gasteiger partial charge in [0.2, 0.25) is 0 Å². The first kappa shape index (κ1) is 17.1. The molecule has 0 saturated carbocycles. The number of carbonyl (C=O) groups is 1. The molecule has 0 atom stereocenters. The first-order chi connectivity index (χ1) is 13.2. The Morgan fingerprint density at radius 2 is 1.89 bits per heavy atom. The highest BCUT2D eigenvalue weighted by atomic mass is 16.3. The van der Waals surface area contributed by atoms with Crippen LogP contribution in [0.1, 0.15) is 16.8 Å². The number of H-pyrrole nitrogens is 1. The van der Waals surface area contributed by atoms with Crippen molar-refractivity contribution in [3.63, 3.8) is 0 Å². The molecule has 0 aliphatic heterocycles. The lowest BCUT2D eigenvalue weighted by atomic mass is 10.1. The van der Waals surface area contributed by atoms with Gasteiger partial charge in [-0.3, -0.25) is 9.59 Å². The highest BCUT2D eigenvalue weighted by Gasteiger charge is 2.12. The number of rotatable bonds is 5. The summed E-state index contributed by atoms with van der Waals surface area (Å²) in [7, 11) is 0. The van der Waals surface area contributed by atoms with Crippen molar-refractivity contribution in [3.05, 3.63) is 76.8 Å². The average molecular weight is 361 g/mol. The van der Waals surface area contributed by atoms with Crippen molar-refractivity contribution in [3.8, 4) is 11.3 Å². The van der Waals surface area contributed by atoms with Crippen molar-refractivity contribution in [2.24, 2.45) is 0 Å². The largest absolute Gasteiger partial charge is 0.396 e. The maximum Gasteiger partial charge on any atom is 0.272 e. The lowest BCUT2D eigenvalue weighted by molar-refractivity contribution is 0.0951. The predicted molar refractivity (Wildman–Crippen MR) is 105 cm³/mol. The molecule has 27 heavy (non-hydrogen) atoms. The molecule has 2 heterocycles. The summed E-state index contributed by atoms with van der Waals surface area (Å²) in [5.74, 6) is -0.265. The summed E-state index contributed by atoms with van der Waals surface area (Å²) in [5, 5.41) is 13.7. The molecule has 0 radical (unpaired) electrons. The molecule has 4 rings (SSSR count). The standard InChI is InChI=1S/C21H19N3O3/c25-9-3-8-22-20(26)17-11-19-21(27)23-18(13-24(19)12-17)16-7-6-14-4-1-2-5-15(14)10-16/h1-2,4-7,10-13,25H,3,8-9H2,(H,22,26)(H,23,27). The maximum absolute atomic E-state index is 12.5. The van der Waals surface area contributed by atoms with Gasteiger partial charge in [-0.15, -0.1) is 0 Å². The minimum atomic E-state index is -0.265. The predicted octanol–water partition coefficient (Wildman–Crippen LogP) is 2.56. The number of carbonyl (C=O) groups excluding carboxylic acids is 1. The molecule has 2 aromatic heterocycles. The third kappa shape index (κ3) is 3.35. The number of hydrogen-bond donors (Lipinski definition) is 3. The van der Waals surface area contributed by atoms with Crippen molar-refractivity contribution < 1.29 is 9.90 Å². The van der Waals surface area contributed by atoms with Crippen LogP contribution in [0.5, 0.6) is 0 Å². The molecule has 0 aliphatic rings. The lowest BCUT2D eigenvalue weighted by Gasteiger charge is -2.05. The molecule has 1 amide bonds. The Morgan fingerprint density at radius 3 is 2.70 bits per heavy atom. The minimum absolute atomic E-state index is 0.0206. The van der Waals surface area contributed by atoms with Crippen molar-refractivity contribution >= 4 is 22.2 Å². The van der Waals surface area contributed by atoms with Gasteiger partial charge in [0.05, 0.1) is 11.3 Å². The Balaban J connectivity index is 1.72. The van der Waals surface area contributed by atoms with Gasteiger partial charge >= 0.3 is 0 Å². The van der Waals surface area contributed by atoms with Gasteiger partial charge in [0, 0.05) is 31.1 Å². The van der Waals surface area contributed by atoms with Crippen LogP contribution in [-0.4, -0.2) is 33.6 Å². The molecule has 3 N–H and O–H groups in total. The molecule has 2 aromatic carbocycles. The van der Waals surface area contributed by atoms with Crippen LogP contribution in [0.4, 0.5) is 0 Å². The number of aromatic amines is 1. The summed E-state index contributed by atoms with van der Waals surface area (Å²) in [5.41, 5.74) is 2.15. The van der Waals surface area contributed by atoms with E-state index in [2.05, 4.69) is 10.3 Å².